The molecule has 0 atom stereocenters. The van der Waals surface area contributed by atoms with Crippen molar-refractivity contribution < 1.29 is 0 Å². The number of rotatable bonds is 6. The average molecular weight is 424 g/mol. The Bertz CT molecular complexity index is 1040. The second-order valence-electron chi connectivity index (χ2n) is 7.73. The molecular formula is C23H26ClN5O. The molecule has 0 radical (unpaired) electrons. The van der Waals surface area contributed by atoms with E-state index in [0.717, 1.165) is 43.9 Å². The van der Waals surface area contributed by atoms with Crippen molar-refractivity contribution in [3.63, 3.8) is 0 Å². The number of benzene rings is 2. The van der Waals surface area contributed by atoms with E-state index in [-0.39, 0.29) is 5.56 Å². The summed E-state index contributed by atoms with van der Waals surface area (Å²) in [4.78, 5) is 22.5. The summed E-state index contributed by atoms with van der Waals surface area (Å²) in [6, 6.07) is 17.4. The van der Waals surface area contributed by atoms with Crippen molar-refractivity contribution in [2.45, 2.75) is 13.0 Å². The van der Waals surface area contributed by atoms with Crippen molar-refractivity contribution in [1.29, 1.82) is 0 Å². The minimum absolute atomic E-state index is 0.126. The Morgan fingerprint density at radius 1 is 0.967 bits per heavy atom. The Morgan fingerprint density at radius 2 is 1.73 bits per heavy atom. The van der Waals surface area contributed by atoms with Gasteiger partial charge in [-0.1, -0.05) is 54.1 Å². The summed E-state index contributed by atoms with van der Waals surface area (Å²) in [6.45, 7) is 5.45. The smallest absolute Gasteiger partial charge is 0.288 e. The van der Waals surface area contributed by atoms with Gasteiger partial charge in [0.05, 0.1) is 6.54 Å². The zero-order chi connectivity index (χ0) is 20.9. The molecular weight excluding hydrogens is 398 g/mol. The Labute approximate surface area is 181 Å². The summed E-state index contributed by atoms with van der Waals surface area (Å²) in [6.07, 6.45) is 0.476. The maximum atomic E-state index is 13.1. The standard InChI is InChI=1S/C23H26ClN5O/c1-27-10-12-28(13-11-27)14-15-29-23(30)21(16-18-6-3-2-4-7-18)25-22(26-29)19-8-5-9-20(24)17-19/h2-9,17H,10-16H2,1H3. The molecule has 1 saturated heterocycles. The fourth-order valence-electron chi connectivity index (χ4n) is 3.62. The zero-order valence-corrected chi connectivity index (χ0v) is 17.9. The minimum Gasteiger partial charge on any atom is -0.304 e. The van der Waals surface area contributed by atoms with Crippen molar-refractivity contribution in [3.8, 4) is 11.4 Å². The van der Waals surface area contributed by atoms with Gasteiger partial charge in [0.15, 0.2) is 5.82 Å². The highest BCUT2D eigenvalue weighted by molar-refractivity contribution is 6.30. The van der Waals surface area contributed by atoms with Crippen LogP contribution in [0.2, 0.25) is 5.02 Å². The van der Waals surface area contributed by atoms with Gasteiger partial charge in [0, 0.05) is 49.7 Å². The molecule has 1 fully saturated rings. The third kappa shape index (κ3) is 5.14. The van der Waals surface area contributed by atoms with E-state index in [1.54, 1.807) is 4.68 Å². The Morgan fingerprint density at radius 3 is 2.47 bits per heavy atom. The quantitative estimate of drug-likeness (QED) is 0.610. The van der Waals surface area contributed by atoms with Crippen LogP contribution >= 0.6 is 11.6 Å². The van der Waals surface area contributed by atoms with Crippen molar-refractivity contribution >= 4 is 11.6 Å². The lowest BCUT2D eigenvalue weighted by atomic mass is 10.1. The van der Waals surface area contributed by atoms with E-state index in [9.17, 15) is 4.79 Å². The molecule has 0 amide bonds. The molecule has 0 N–H and O–H groups in total. The van der Waals surface area contributed by atoms with E-state index in [0.29, 0.717) is 29.5 Å². The van der Waals surface area contributed by atoms with E-state index in [2.05, 4.69) is 26.9 Å². The van der Waals surface area contributed by atoms with Crippen LogP contribution in [-0.2, 0) is 13.0 Å². The SMILES string of the molecule is CN1CCN(CCn2nc(-c3cccc(Cl)c3)nc(Cc3ccccc3)c2=O)CC1. The number of aromatic nitrogens is 3. The molecule has 1 aliphatic heterocycles. The van der Waals surface area contributed by atoms with Crippen LogP contribution in [0.1, 0.15) is 11.3 Å². The Kier molecular flexibility index (Phi) is 6.57. The molecule has 3 aromatic rings. The fraction of sp³-hybridized carbons (Fsp3) is 0.348. The summed E-state index contributed by atoms with van der Waals surface area (Å²) < 4.78 is 1.57. The van der Waals surface area contributed by atoms with Gasteiger partial charge < -0.3 is 4.90 Å². The normalized spacial score (nSPS) is 15.4. The van der Waals surface area contributed by atoms with Gasteiger partial charge in [-0.2, -0.15) is 0 Å². The number of likely N-dealkylation sites (N-methyl/N-ethyl adjacent to an activating group) is 1. The van der Waals surface area contributed by atoms with Crippen molar-refractivity contribution in [3.05, 3.63) is 81.2 Å². The summed E-state index contributed by atoms with van der Waals surface area (Å²) in [7, 11) is 2.14. The molecule has 0 spiro atoms. The Hall–Kier alpha value is -2.54. The van der Waals surface area contributed by atoms with E-state index in [1.807, 2.05) is 54.6 Å². The molecule has 0 unspecified atom stereocenters. The Balaban J connectivity index is 1.64. The molecule has 1 aliphatic rings. The third-order valence-corrected chi connectivity index (χ3v) is 5.69. The zero-order valence-electron chi connectivity index (χ0n) is 17.2. The van der Waals surface area contributed by atoms with E-state index in [4.69, 9.17) is 11.6 Å². The maximum absolute atomic E-state index is 13.1. The van der Waals surface area contributed by atoms with E-state index in [1.165, 1.54) is 0 Å². The number of hydrogen-bond donors (Lipinski definition) is 0. The van der Waals surface area contributed by atoms with Crippen LogP contribution in [0, 0.1) is 0 Å². The molecule has 6 nitrogen and oxygen atoms in total. The summed E-state index contributed by atoms with van der Waals surface area (Å²) in [5.41, 5.74) is 2.24. The highest BCUT2D eigenvalue weighted by atomic mass is 35.5. The van der Waals surface area contributed by atoms with Crippen molar-refractivity contribution in [1.82, 2.24) is 24.6 Å². The fourth-order valence-corrected chi connectivity index (χ4v) is 3.81. The first-order valence-electron chi connectivity index (χ1n) is 10.3. The lowest BCUT2D eigenvalue weighted by molar-refractivity contribution is 0.148. The summed E-state index contributed by atoms with van der Waals surface area (Å²) >= 11 is 6.18. The second-order valence-corrected chi connectivity index (χ2v) is 8.16. The van der Waals surface area contributed by atoms with Crippen LogP contribution in [-0.4, -0.2) is 64.3 Å². The molecule has 0 aliphatic carbocycles. The first-order chi connectivity index (χ1) is 14.6. The first kappa shape index (κ1) is 20.7. The minimum atomic E-state index is -0.126. The molecule has 4 rings (SSSR count). The average Bonchev–Trinajstić information content (AvgIpc) is 2.76. The van der Waals surface area contributed by atoms with Crippen molar-refractivity contribution in [2.75, 3.05) is 39.8 Å². The van der Waals surface area contributed by atoms with Crippen LogP contribution in [0.5, 0.6) is 0 Å². The lowest BCUT2D eigenvalue weighted by Gasteiger charge is -2.32. The predicted molar refractivity (Wildman–Crippen MR) is 120 cm³/mol. The monoisotopic (exact) mass is 423 g/mol. The molecule has 0 saturated carbocycles. The molecule has 0 bridgehead atoms. The van der Waals surface area contributed by atoms with Gasteiger partial charge in [0.25, 0.3) is 5.56 Å². The van der Waals surface area contributed by atoms with Gasteiger partial charge >= 0.3 is 0 Å². The van der Waals surface area contributed by atoms with Crippen LogP contribution in [0.3, 0.4) is 0 Å². The largest absolute Gasteiger partial charge is 0.304 e. The topological polar surface area (TPSA) is 54.3 Å². The van der Waals surface area contributed by atoms with Crippen LogP contribution < -0.4 is 5.56 Å². The van der Waals surface area contributed by atoms with Gasteiger partial charge in [-0.25, -0.2) is 9.67 Å². The third-order valence-electron chi connectivity index (χ3n) is 5.46. The highest BCUT2D eigenvalue weighted by Crippen LogP contribution is 2.19. The number of hydrogen-bond acceptors (Lipinski definition) is 5. The van der Waals surface area contributed by atoms with Crippen LogP contribution in [0.25, 0.3) is 11.4 Å². The molecule has 30 heavy (non-hydrogen) atoms. The van der Waals surface area contributed by atoms with Gasteiger partial charge in [-0.05, 0) is 24.7 Å². The molecule has 2 heterocycles. The molecule has 156 valence electrons. The second kappa shape index (κ2) is 9.51. The molecule has 1 aromatic heterocycles. The predicted octanol–water partition coefficient (Wildman–Crippen LogP) is 2.80. The number of nitrogens with zero attached hydrogens (tertiary/aromatic N) is 5. The maximum Gasteiger partial charge on any atom is 0.288 e. The van der Waals surface area contributed by atoms with Gasteiger partial charge in [0.2, 0.25) is 0 Å². The van der Waals surface area contributed by atoms with Crippen LogP contribution in [0.15, 0.2) is 59.4 Å². The lowest BCUT2D eigenvalue weighted by Crippen LogP contribution is -2.46. The summed E-state index contributed by atoms with van der Waals surface area (Å²) in [5, 5.41) is 5.20. The van der Waals surface area contributed by atoms with Gasteiger partial charge in [0.1, 0.15) is 5.69 Å². The molecule has 2 aromatic carbocycles. The van der Waals surface area contributed by atoms with Gasteiger partial charge in [-0.15, -0.1) is 5.10 Å². The number of halogens is 1. The highest BCUT2D eigenvalue weighted by Gasteiger charge is 2.16. The van der Waals surface area contributed by atoms with E-state index < -0.39 is 0 Å². The van der Waals surface area contributed by atoms with E-state index >= 15 is 0 Å². The molecule has 7 heteroatoms. The summed E-state index contributed by atoms with van der Waals surface area (Å²) in [5.74, 6) is 0.529. The van der Waals surface area contributed by atoms with Crippen molar-refractivity contribution in [2.24, 2.45) is 0 Å². The number of piperazine rings is 1. The van der Waals surface area contributed by atoms with Gasteiger partial charge in [-0.3, -0.25) is 9.69 Å². The first-order valence-corrected chi connectivity index (χ1v) is 10.6. The van der Waals surface area contributed by atoms with Crippen LogP contribution in [0.4, 0.5) is 0 Å².